The summed E-state index contributed by atoms with van der Waals surface area (Å²) >= 11 is 0. The van der Waals surface area contributed by atoms with Gasteiger partial charge in [-0.1, -0.05) is 19.8 Å². The molecule has 0 aliphatic heterocycles. The summed E-state index contributed by atoms with van der Waals surface area (Å²) in [6, 6.07) is 0. The van der Waals surface area contributed by atoms with Gasteiger partial charge in [0.1, 0.15) is 0 Å². The molecule has 0 fully saturated rings. The average Bonchev–Trinajstić information content (AvgIpc) is 2.22. The predicted octanol–water partition coefficient (Wildman–Crippen LogP) is 1.29. The van der Waals surface area contributed by atoms with E-state index < -0.39 is 36.7 Å². The number of esters is 1. The van der Waals surface area contributed by atoms with Crippen LogP contribution in [-0.2, 0) is 19.1 Å². The van der Waals surface area contributed by atoms with Gasteiger partial charge in [-0.25, -0.2) is 0 Å². The highest BCUT2D eigenvalue weighted by Crippen LogP contribution is 2.10. The molecule has 2 N–H and O–H groups in total. The number of carboxylic acids is 2. The number of hydrogen-bond acceptors (Lipinski definition) is 4. The lowest BCUT2D eigenvalue weighted by atomic mass is 10.0. The van der Waals surface area contributed by atoms with Crippen molar-refractivity contribution >= 4 is 17.9 Å². The van der Waals surface area contributed by atoms with Crippen molar-refractivity contribution in [1.82, 2.24) is 0 Å². The normalized spacial score (nSPS) is 11.8. The summed E-state index contributed by atoms with van der Waals surface area (Å²) in [5.41, 5.74) is 0. The molecule has 0 radical (unpaired) electrons. The zero-order valence-electron chi connectivity index (χ0n) is 9.85. The fourth-order valence-corrected chi connectivity index (χ4v) is 1.26. The quantitative estimate of drug-likeness (QED) is 0.469. The zero-order valence-corrected chi connectivity index (χ0v) is 9.85. The van der Waals surface area contributed by atoms with E-state index in [0.717, 1.165) is 19.3 Å². The van der Waals surface area contributed by atoms with E-state index in [4.69, 9.17) is 14.9 Å². The molecule has 6 nitrogen and oxygen atoms in total. The fraction of sp³-hybridized carbons (Fsp3) is 0.727. The molecule has 17 heavy (non-hydrogen) atoms. The van der Waals surface area contributed by atoms with Gasteiger partial charge in [0.15, 0.2) is 0 Å². The molecule has 0 spiro atoms. The summed E-state index contributed by atoms with van der Waals surface area (Å²) in [6.45, 7) is 2.27. The van der Waals surface area contributed by atoms with Crippen molar-refractivity contribution in [2.45, 2.75) is 39.0 Å². The maximum atomic E-state index is 11.2. The largest absolute Gasteiger partial charge is 0.481 e. The Morgan fingerprint density at radius 2 is 1.76 bits per heavy atom. The summed E-state index contributed by atoms with van der Waals surface area (Å²) in [5, 5.41) is 17.2. The van der Waals surface area contributed by atoms with Crippen LogP contribution in [0.5, 0.6) is 0 Å². The van der Waals surface area contributed by atoms with E-state index >= 15 is 0 Å². The first-order valence-corrected chi connectivity index (χ1v) is 5.57. The Labute approximate surface area is 99.6 Å². The number of rotatable bonds is 9. The van der Waals surface area contributed by atoms with E-state index in [2.05, 4.69) is 0 Å². The third-order valence-corrected chi connectivity index (χ3v) is 2.19. The van der Waals surface area contributed by atoms with E-state index in [-0.39, 0.29) is 6.61 Å². The van der Waals surface area contributed by atoms with E-state index in [0.29, 0.717) is 0 Å². The highest BCUT2D eigenvalue weighted by molar-refractivity contribution is 5.82. The fourth-order valence-electron chi connectivity index (χ4n) is 1.26. The molecule has 0 aromatic rings. The minimum atomic E-state index is -1.29. The highest BCUT2D eigenvalue weighted by Gasteiger charge is 2.24. The molecular formula is C11H18O6. The Balaban J connectivity index is 3.96. The molecule has 0 aliphatic carbocycles. The molecule has 6 heteroatoms. The molecule has 0 saturated heterocycles. The number of hydrogen-bond donors (Lipinski definition) is 2. The third kappa shape index (κ3) is 8.24. The lowest BCUT2D eigenvalue weighted by Gasteiger charge is -2.09. The standard InChI is InChI=1S/C11H18O6/c1-2-3-4-5-17-10(14)7-8(11(15)16)6-9(12)13/h8H,2-7H2,1H3,(H,12,13)(H,15,16). The highest BCUT2D eigenvalue weighted by atomic mass is 16.5. The third-order valence-electron chi connectivity index (χ3n) is 2.19. The maximum absolute atomic E-state index is 11.2. The molecule has 0 saturated carbocycles. The van der Waals surface area contributed by atoms with Crippen LogP contribution in [0.3, 0.4) is 0 Å². The summed E-state index contributed by atoms with van der Waals surface area (Å²) in [4.78, 5) is 32.3. The van der Waals surface area contributed by atoms with Gasteiger partial charge in [-0.2, -0.15) is 0 Å². The molecule has 0 aromatic carbocycles. The van der Waals surface area contributed by atoms with Crippen LogP contribution in [0.25, 0.3) is 0 Å². The van der Waals surface area contributed by atoms with Crippen molar-refractivity contribution < 1.29 is 29.3 Å². The van der Waals surface area contributed by atoms with Crippen molar-refractivity contribution in [1.29, 1.82) is 0 Å². The van der Waals surface area contributed by atoms with Crippen LogP contribution in [0, 0.1) is 5.92 Å². The second-order valence-corrected chi connectivity index (χ2v) is 3.76. The van der Waals surface area contributed by atoms with Gasteiger partial charge < -0.3 is 14.9 Å². The first kappa shape index (κ1) is 15.4. The topological polar surface area (TPSA) is 101 Å². The van der Waals surface area contributed by atoms with Crippen molar-refractivity contribution in [2.75, 3.05) is 6.61 Å². The predicted molar refractivity (Wildman–Crippen MR) is 58.5 cm³/mol. The van der Waals surface area contributed by atoms with Crippen molar-refractivity contribution in [3.05, 3.63) is 0 Å². The number of aliphatic carboxylic acids is 2. The van der Waals surface area contributed by atoms with Crippen LogP contribution in [-0.4, -0.2) is 34.7 Å². The van der Waals surface area contributed by atoms with Crippen LogP contribution < -0.4 is 0 Å². The summed E-state index contributed by atoms with van der Waals surface area (Å²) in [6.07, 6.45) is 1.70. The van der Waals surface area contributed by atoms with Crippen molar-refractivity contribution in [3.63, 3.8) is 0 Å². The Kier molecular flexibility index (Phi) is 7.75. The molecule has 1 atom stereocenters. The van der Waals surface area contributed by atoms with Crippen LogP contribution >= 0.6 is 0 Å². The molecule has 0 aliphatic rings. The van der Waals surface area contributed by atoms with Crippen LogP contribution in [0.4, 0.5) is 0 Å². The minimum absolute atomic E-state index is 0.256. The molecule has 1 unspecified atom stereocenters. The van der Waals surface area contributed by atoms with Gasteiger partial charge in [0.25, 0.3) is 0 Å². The second kappa shape index (κ2) is 8.55. The lowest BCUT2D eigenvalue weighted by Crippen LogP contribution is -2.22. The van der Waals surface area contributed by atoms with E-state index in [1.54, 1.807) is 0 Å². The van der Waals surface area contributed by atoms with Crippen molar-refractivity contribution in [3.8, 4) is 0 Å². The van der Waals surface area contributed by atoms with Gasteiger partial charge in [-0.3, -0.25) is 14.4 Å². The number of unbranched alkanes of at least 4 members (excludes halogenated alkanes) is 2. The Hall–Kier alpha value is -1.59. The number of carbonyl (C=O) groups is 3. The molecule has 0 amide bonds. The van der Waals surface area contributed by atoms with E-state index in [1.807, 2.05) is 6.92 Å². The van der Waals surface area contributed by atoms with Gasteiger partial charge in [0.05, 0.1) is 25.4 Å². The van der Waals surface area contributed by atoms with Gasteiger partial charge in [-0.05, 0) is 6.42 Å². The average molecular weight is 246 g/mol. The van der Waals surface area contributed by atoms with E-state index in [9.17, 15) is 14.4 Å². The first-order chi connectivity index (χ1) is 7.97. The number of ether oxygens (including phenoxy) is 1. The molecule has 0 aromatic heterocycles. The molecular weight excluding hydrogens is 228 g/mol. The van der Waals surface area contributed by atoms with Crippen LogP contribution in [0.1, 0.15) is 39.0 Å². The second-order valence-electron chi connectivity index (χ2n) is 3.76. The Morgan fingerprint density at radius 1 is 1.12 bits per heavy atom. The maximum Gasteiger partial charge on any atom is 0.307 e. The van der Waals surface area contributed by atoms with Gasteiger partial charge in [0.2, 0.25) is 0 Å². The van der Waals surface area contributed by atoms with Crippen molar-refractivity contribution in [2.24, 2.45) is 5.92 Å². The van der Waals surface area contributed by atoms with Gasteiger partial charge in [-0.15, -0.1) is 0 Å². The summed E-state index contributed by atoms with van der Waals surface area (Å²) < 4.78 is 4.81. The van der Waals surface area contributed by atoms with E-state index in [1.165, 1.54) is 0 Å². The Bertz CT molecular complexity index is 273. The first-order valence-electron chi connectivity index (χ1n) is 5.57. The van der Waals surface area contributed by atoms with Gasteiger partial charge >= 0.3 is 17.9 Å². The molecule has 0 bridgehead atoms. The molecule has 0 rings (SSSR count). The zero-order chi connectivity index (χ0) is 13.3. The lowest BCUT2D eigenvalue weighted by molar-refractivity contribution is -0.154. The smallest absolute Gasteiger partial charge is 0.307 e. The van der Waals surface area contributed by atoms with Crippen LogP contribution in [0.2, 0.25) is 0 Å². The number of carboxylic acid groups (broad SMARTS) is 2. The summed E-state index contributed by atoms with van der Waals surface area (Å²) in [5.74, 6) is -4.41. The Morgan fingerprint density at radius 3 is 2.24 bits per heavy atom. The van der Waals surface area contributed by atoms with Crippen LogP contribution in [0.15, 0.2) is 0 Å². The SMILES string of the molecule is CCCCCOC(=O)CC(CC(=O)O)C(=O)O. The minimum Gasteiger partial charge on any atom is -0.481 e. The summed E-state index contributed by atoms with van der Waals surface area (Å²) in [7, 11) is 0. The molecule has 0 heterocycles. The molecule has 98 valence electrons. The monoisotopic (exact) mass is 246 g/mol. The number of carbonyl (C=O) groups excluding carboxylic acids is 1. The van der Waals surface area contributed by atoms with Gasteiger partial charge in [0, 0.05) is 0 Å².